The lowest BCUT2D eigenvalue weighted by Gasteiger charge is -2.29. The highest BCUT2D eigenvalue weighted by atomic mass is 16.6. The number of esters is 1. The molecule has 1 heterocycles. The number of nitrogens with zero attached hydrogens (tertiary/aromatic N) is 1. The summed E-state index contributed by atoms with van der Waals surface area (Å²) in [6, 6.07) is 7.25. The molecular formula is C23H33NO4. The summed E-state index contributed by atoms with van der Waals surface area (Å²) >= 11 is 0. The highest BCUT2D eigenvalue weighted by Gasteiger charge is 2.37. The minimum Gasteiger partial charge on any atom is -0.456 e. The number of carbonyl (C=O) groups excluding carboxylic acids is 2. The largest absolute Gasteiger partial charge is 0.456 e. The van der Waals surface area contributed by atoms with Gasteiger partial charge >= 0.3 is 12.1 Å². The minimum absolute atomic E-state index is 0.0764. The molecule has 0 aliphatic carbocycles. The van der Waals surface area contributed by atoms with Gasteiger partial charge in [-0.3, -0.25) is 0 Å². The number of hydrogen-bond acceptors (Lipinski definition) is 4. The van der Waals surface area contributed by atoms with Gasteiger partial charge in [-0.05, 0) is 78.0 Å². The molecule has 2 rings (SSSR count). The number of amides is 1. The Hall–Kier alpha value is -2.30. The number of rotatable bonds is 4. The molecule has 0 radical (unpaired) electrons. The molecule has 1 aromatic carbocycles. The molecule has 0 saturated carbocycles. The van der Waals surface area contributed by atoms with Gasteiger partial charge in [0, 0.05) is 6.54 Å². The molecule has 1 saturated heterocycles. The molecule has 5 heteroatoms. The van der Waals surface area contributed by atoms with Crippen molar-refractivity contribution in [1.29, 1.82) is 0 Å². The Bertz CT molecular complexity index is 710. The van der Waals surface area contributed by atoms with E-state index >= 15 is 0 Å². The smallest absolute Gasteiger partial charge is 0.410 e. The topological polar surface area (TPSA) is 55.8 Å². The third-order valence-corrected chi connectivity index (χ3v) is 4.45. The van der Waals surface area contributed by atoms with Gasteiger partial charge in [0.1, 0.15) is 11.2 Å². The van der Waals surface area contributed by atoms with Crippen LogP contribution in [0.25, 0.3) is 0 Å². The molecule has 5 nitrogen and oxygen atoms in total. The van der Waals surface area contributed by atoms with Gasteiger partial charge in [-0.1, -0.05) is 18.2 Å². The first-order chi connectivity index (χ1) is 12.9. The van der Waals surface area contributed by atoms with Crippen molar-refractivity contribution in [3.63, 3.8) is 0 Å². The third kappa shape index (κ3) is 6.11. The van der Waals surface area contributed by atoms with Crippen molar-refractivity contribution in [2.24, 2.45) is 5.92 Å². The highest BCUT2D eigenvalue weighted by molar-refractivity contribution is 5.89. The van der Waals surface area contributed by atoms with Gasteiger partial charge in [-0.2, -0.15) is 0 Å². The second-order valence-electron chi connectivity index (χ2n) is 9.40. The summed E-state index contributed by atoms with van der Waals surface area (Å²) in [5.74, 6) is -0.000412. The number of ether oxygens (including phenoxy) is 2. The van der Waals surface area contributed by atoms with E-state index in [1.165, 1.54) is 0 Å². The fraction of sp³-hybridized carbons (Fsp3) is 0.565. The quantitative estimate of drug-likeness (QED) is 0.504. The van der Waals surface area contributed by atoms with Gasteiger partial charge in [0.15, 0.2) is 0 Å². The summed E-state index contributed by atoms with van der Waals surface area (Å²) < 4.78 is 11.0. The second-order valence-corrected chi connectivity index (χ2v) is 9.40. The lowest BCUT2D eigenvalue weighted by atomic mass is 9.97. The summed E-state index contributed by atoms with van der Waals surface area (Å²) in [6.45, 7) is 15.6. The van der Waals surface area contributed by atoms with E-state index in [0.29, 0.717) is 18.0 Å². The van der Waals surface area contributed by atoms with Crippen LogP contribution in [0.3, 0.4) is 0 Å². The van der Waals surface area contributed by atoms with Crippen LogP contribution in [0, 0.1) is 5.92 Å². The summed E-state index contributed by atoms with van der Waals surface area (Å²) in [5.41, 5.74) is 0.415. The van der Waals surface area contributed by atoms with E-state index in [2.05, 4.69) is 6.58 Å². The number of allylic oxidation sites excluding steroid dienone is 1. The van der Waals surface area contributed by atoms with Crippen LogP contribution in [0.5, 0.6) is 0 Å². The van der Waals surface area contributed by atoms with E-state index in [0.717, 1.165) is 18.4 Å². The molecular weight excluding hydrogens is 354 g/mol. The number of benzene rings is 1. The Morgan fingerprint density at radius 2 is 1.64 bits per heavy atom. The Balaban J connectivity index is 2.20. The van der Waals surface area contributed by atoms with Crippen molar-refractivity contribution < 1.29 is 19.1 Å². The number of hydrogen-bond donors (Lipinski definition) is 0. The van der Waals surface area contributed by atoms with E-state index in [4.69, 9.17) is 9.47 Å². The molecule has 0 spiro atoms. The Morgan fingerprint density at radius 1 is 1.07 bits per heavy atom. The van der Waals surface area contributed by atoms with E-state index < -0.39 is 11.2 Å². The van der Waals surface area contributed by atoms with Crippen LogP contribution in [-0.4, -0.2) is 34.7 Å². The van der Waals surface area contributed by atoms with Gasteiger partial charge in [0.2, 0.25) is 0 Å². The SMILES string of the molecule is C=CCC1CC(c2ccc(C(=O)OC(C)(C)C)cc2)N(C(=O)OC(C)(C)C)C1. The zero-order valence-electron chi connectivity index (χ0n) is 18.0. The Labute approximate surface area is 168 Å². The Kier molecular flexibility index (Phi) is 6.58. The first-order valence-electron chi connectivity index (χ1n) is 9.83. The standard InChI is InChI=1S/C23H33NO4/c1-8-9-16-14-19(24(15-16)21(26)28-23(5,6)7)17-10-12-18(13-11-17)20(25)27-22(2,3)4/h8,10-13,16,19H,1,9,14-15H2,2-7H3. The van der Waals surface area contributed by atoms with Crippen molar-refractivity contribution in [3.05, 3.63) is 48.0 Å². The van der Waals surface area contributed by atoms with Crippen molar-refractivity contribution in [2.75, 3.05) is 6.54 Å². The molecule has 28 heavy (non-hydrogen) atoms. The molecule has 1 aromatic rings. The molecule has 154 valence electrons. The number of likely N-dealkylation sites (tertiary alicyclic amines) is 1. The van der Waals surface area contributed by atoms with Crippen LogP contribution in [0.15, 0.2) is 36.9 Å². The predicted octanol–water partition coefficient (Wildman–Crippen LogP) is 5.52. The average Bonchev–Trinajstić information content (AvgIpc) is 2.96. The van der Waals surface area contributed by atoms with Crippen LogP contribution >= 0.6 is 0 Å². The lowest BCUT2D eigenvalue weighted by molar-refractivity contribution is 0.00681. The van der Waals surface area contributed by atoms with E-state index in [1.54, 1.807) is 17.0 Å². The van der Waals surface area contributed by atoms with Crippen molar-refractivity contribution in [1.82, 2.24) is 4.90 Å². The first kappa shape index (κ1) is 22.0. The van der Waals surface area contributed by atoms with Crippen molar-refractivity contribution in [2.45, 2.75) is 71.6 Å². The van der Waals surface area contributed by atoms with Crippen molar-refractivity contribution >= 4 is 12.1 Å². The van der Waals surface area contributed by atoms with E-state index in [-0.39, 0.29) is 18.1 Å². The lowest BCUT2D eigenvalue weighted by Crippen LogP contribution is -2.36. The molecule has 0 aromatic heterocycles. The maximum atomic E-state index is 12.7. The summed E-state index contributed by atoms with van der Waals surface area (Å²) in [7, 11) is 0. The normalized spacial score (nSPS) is 20.0. The zero-order chi connectivity index (χ0) is 21.1. The fourth-order valence-corrected chi connectivity index (χ4v) is 3.35. The summed E-state index contributed by atoms with van der Waals surface area (Å²) in [6.07, 6.45) is 3.29. The average molecular weight is 388 g/mol. The highest BCUT2D eigenvalue weighted by Crippen LogP contribution is 2.38. The fourth-order valence-electron chi connectivity index (χ4n) is 3.35. The molecule has 1 aliphatic rings. The number of carbonyl (C=O) groups is 2. The van der Waals surface area contributed by atoms with Gasteiger partial charge in [-0.15, -0.1) is 6.58 Å². The summed E-state index contributed by atoms with van der Waals surface area (Å²) in [4.78, 5) is 26.8. The van der Waals surface area contributed by atoms with Crippen LogP contribution in [0.2, 0.25) is 0 Å². The molecule has 0 bridgehead atoms. The summed E-state index contributed by atoms with van der Waals surface area (Å²) in [5, 5.41) is 0. The first-order valence-corrected chi connectivity index (χ1v) is 9.83. The molecule has 0 N–H and O–H groups in total. The molecule has 1 amide bonds. The zero-order valence-corrected chi connectivity index (χ0v) is 18.0. The van der Waals surface area contributed by atoms with Crippen molar-refractivity contribution in [3.8, 4) is 0 Å². The second kappa shape index (κ2) is 8.38. The van der Waals surface area contributed by atoms with Crippen LogP contribution < -0.4 is 0 Å². The van der Waals surface area contributed by atoms with Crippen LogP contribution in [0.4, 0.5) is 4.79 Å². The predicted molar refractivity (Wildman–Crippen MR) is 110 cm³/mol. The van der Waals surface area contributed by atoms with Crippen LogP contribution in [-0.2, 0) is 9.47 Å². The van der Waals surface area contributed by atoms with Crippen LogP contribution in [0.1, 0.15) is 76.3 Å². The van der Waals surface area contributed by atoms with Gasteiger partial charge in [-0.25, -0.2) is 9.59 Å². The minimum atomic E-state index is -0.543. The molecule has 1 aliphatic heterocycles. The maximum absolute atomic E-state index is 12.7. The molecule has 2 unspecified atom stereocenters. The van der Waals surface area contributed by atoms with Gasteiger partial charge in [0.05, 0.1) is 11.6 Å². The third-order valence-electron chi connectivity index (χ3n) is 4.45. The van der Waals surface area contributed by atoms with E-state index in [9.17, 15) is 9.59 Å². The monoisotopic (exact) mass is 387 g/mol. The Morgan fingerprint density at radius 3 is 2.14 bits per heavy atom. The maximum Gasteiger partial charge on any atom is 0.410 e. The molecule has 1 fully saturated rings. The van der Waals surface area contributed by atoms with E-state index in [1.807, 2.05) is 59.8 Å². The van der Waals surface area contributed by atoms with Gasteiger partial charge in [0.25, 0.3) is 0 Å². The molecule has 2 atom stereocenters. The van der Waals surface area contributed by atoms with Gasteiger partial charge < -0.3 is 14.4 Å².